The molecule has 1 aliphatic rings. The van der Waals surface area contributed by atoms with Gasteiger partial charge in [-0.15, -0.1) is 0 Å². The Morgan fingerprint density at radius 1 is 0.562 bits per heavy atom. The predicted molar refractivity (Wildman–Crippen MR) is 122 cm³/mol. The maximum absolute atomic E-state index is 11.1. The smallest absolute Gasteiger partial charge is 0.137 e. The Balaban J connectivity index is 1.70. The number of hydrogen-bond donors (Lipinski definition) is 3. The molecule has 4 rings (SSSR count). The van der Waals surface area contributed by atoms with Gasteiger partial charge in [-0.2, -0.15) is 0 Å². The molecule has 3 N–H and O–H groups in total. The van der Waals surface area contributed by atoms with Crippen LogP contribution in [0.15, 0.2) is 36.4 Å². The Morgan fingerprint density at radius 2 is 1.06 bits per heavy atom. The Kier molecular flexibility index (Phi) is 7.49. The minimum absolute atomic E-state index is 0.0192. The normalized spacial score (nSPS) is 17.8. The lowest BCUT2D eigenvalue weighted by Gasteiger charge is -2.27. The first-order valence-corrected chi connectivity index (χ1v) is 10.8. The lowest BCUT2D eigenvalue weighted by molar-refractivity contribution is 0.00206. The fourth-order valence-corrected chi connectivity index (χ4v) is 3.97. The van der Waals surface area contributed by atoms with Gasteiger partial charge in [-0.3, -0.25) is 0 Å². The molecular formula is C24H29NO7. The highest BCUT2D eigenvalue weighted by atomic mass is 16.6. The van der Waals surface area contributed by atoms with Crippen LogP contribution in [0.25, 0.3) is 21.5 Å². The van der Waals surface area contributed by atoms with Crippen molar-refractivity contribution < 1.29 is 34.3 Å². The number of rotatable bonds is 1. The minimum atomic E-state index is -0.0873. The molecule has 172 valence electrons. The zero-order valence-corrected chi connectivity index (χ0v) is 18.0. The van der Waals surface area contributed by atoms with Crippen LogP contribution in [0.1, 0.15) is 0 Å². The number of aromatic hydroxyl groups is 3. The first-order chi connectivity index (χ1) is 15.7. The van der Waals surface area contributed by atoms with E-state index in [1.54, 1.807) is 18.2 Å². The molecule has 8 heteroatoms. The Morgan fingerprint density at radius 3 is 1.66 bits per heavy atom. The van der Waals surface area contributed by atoms with Crippen molar-refractivity contribution in [2.75, 3.05) is 70.8 Å². The molecule has 0 bridgehead atoms. The summed E-state index contributed by atoms with van der Waals surface area (Å²) in [4.78, 5) is 2.05. The largest absolute Gasteiger partial charge is 0.507 e. The summed E-state index contributed by atoms with van der Waals surface area (Å²) in [6.07, 6.45) is 0. The maximum atomic E-state index is 11.1. The van der Waals surface area contributed by atoms with Crippen LogP contribution < -0.4 is 4.90 Å². The lowest BCUT2D eigenvalue weighted by Crippen LogP contribution is -2.31. The van der Waals surface area contributed by atoms with E-state index in [0.29, 0.717) is 82.1 Å². The summed E-state index contributed by atoms with van der Waals surface area (Å²) >= 11 is 0. The van der Waals surface area contributed by atoms with Gasteiger partial charge in [0.15, 0.2) is 0 Å². The van der Waals surface area contributed by atoms with Gasteiger partial charge >= 0.3 is 0 Å². The summed E-state index contributed by atoms with van der Waals surface area (Å²) in [5, 5.41) is 34.0. The molecule has 8 nitrogen and oxygen atoms in total. The molecule has 0 unspecified atom stereocenters. The van der Waals surface area contributed by atoms with E-state index in [1.807, 2.05) is 12.1 Å². The highest BCUT2D eigenvalue weighted by molar-refractivity contribution is 6.16. The van der Waals surface area contributed by atoms with Gasteiger partial charge in [0.1, 0.15) is 17.2 Å². The van der Waals surface area contributed by atoms with Crippen molar-refractivity contribution >= 4 is 27.2 Å². The van der Waals surface area contributed by atoms with Crippen LogP contribution in [-0.4, -0.2) is 81.3 Å². The van der Waals surface area contributed by atoms with Crippen LogP contribution in [0.2, 0.25) is 0 Å². The van der Waals surface area contributed by atoms with Crippen molar-refractivity contribution in [2.45, 2.75) is 0 Å². The molecule has 1 heterocycles. The minimum Gasteiger partial charge on any atom is -0.507 e. The summed E-state index contributed by atoms with van der Waals surface area (Å²) in [5.74, 6) is -0.137. The number of hydrogen-bond acceptors (Lipinski definition) is 8. The van der Waals surface area contributed by atoms with Crippen LogP contribution in [-0.2, 0) is 18.9 Å². The van der Waals surface area contributed by atoms with E-state index in [2.05, 4.69) is 4.90 Å². The number of fused-ring (bicyclic) bond motifs is 2. The van der Waals surface area contributed by atoms with Crippen LogP contribution in [0.4, 0.5) is 5.69 Å². The number of ether oxygens (including phenoxy) is 4. The second kappa shape index (κ2) is 10.7. The number of anilines is 1. The topological polar surface area (TPSA) is 101 Å². The van der Waals surface area contributed by atoms with E-state index in [4.69, 9.17) is 18.9 Å². The number of nitrogens with zero attached hydrogens (tertiary/aromatic N) is 1. The Labute approximate surface area is 186 Å². The third-order valence-corrected chi connectivity index (χ3v) is 5.54. The fraction of sp³-hybridized carbons (Fsp3) is 0.417. The second-order valence-corrected chi connectivity index (χ2v) is 7.53. The highest BCUT2D eigenvalue weighted by Crippen LogP contribution is 2.47. The molecule has 0 aliphatic carbocycles. The molecule has 0 aromatic heterocycles. The summed E-state index contributed by atoms with van der Waals surface area (Å²) in [6.45, 7) is 5.01. The Bertz CT molecular complexity index is 1040. The third-order valence-electron chi connectivity index (χ3n) is 5.54. The molecule has 32 heavy (non-hydrogen) atoms. The maximum Gasteiger partial charge on any atom is 0.137 e. The molecule has 0 spiro atoms. The highest BCUT2D eigenvalue weighted by Gasteiger charge is 2.20. The van der Waals surface area contributed by atoms with Gasteiger partial charge in [-0.1, -0.05) is 24.3 Å². The van der Waals surface area contributed by atoms with E-state index in [9.17, 15) is 15.3 Å². The molecule has 0 radical (unpaired) electrons. The van der Waals surface area contributed by atoms with Gasteiger partial charge in [0.2, 0.25) is 0 Å². The molecule has 1 fully saturated rings. The zero-order valence-electron chi connectivity index (χ0n) is 18.0. The van der Waals surface area contributed by atoms with E-state index in [1.165, 1.54) is 6.07 Å². The molecular weight excluding hydrogens is 414 g/mol. The molecule has 3 aromatic carbocycles. The van der Waals surface area contributed by atoms with Crippen LogP contribution >= 0.6 is 0 Å². The first kappa shape index (κ1) is 22.4. The van der Waals surface area contributed by atoms with Gasteiger partial charge in [0, 0.05) is 29.5 Å². The van der Waals surface area contributed by atoms with Crippen LogP contribution in [0.3, 0.4) is 0 Å². The first-order valence-electron chi connectivity index (χ1n) is 10.8. The quantitative estimate of drug-likeness (QED) is 0.390. The van der Waals surface area contributed by atoms with Gasteiger partial charge in [-0.05, 0) is 12.1 Å². The van der Waals surface area contributed by atoms with E-state index in [0.717, 1.165) is 5.69 Å². The Hall–Kier alpha value is -2.78. The standard InChI is InChI=1S/C24H29NO7/c26-20-6-2-4-18-22(20)24(28)21-17(23(18)27)3-1-5-19(21)25-7-9-29-11-13-31-15-16-32-14-12-30-10-8-25/h1-6,26-28H,7-16H2. The molecule has 1 saturated heterocycles. The molecule has 3 aromatic rings. The van der Waals surface area contributed by atoms with E-state index in [-0.39, 0.29) is 22.6 Å². The summed E-state index contributed by atoms with van der Waals surface area (Å²) in [7, 11) is 0. The lowest BCUT2D eigenvalue weighted by atomic mass is 9.98. The van der Waals surface area contributed by atoms with Gasteiger partial charge < -0.3 is 39.2 Å². The van der Waals surface area contributed by atoms with Crippen molar-refractivity contribution in [2.24, 2.45) is 0 Å². The van der Waals surface area contributed by atoms with Crippen LogP contribution in [0.5, 0.6) is 17.2 Å². The third kappa shape index (κ3) is 4.83. The van der Waals surface area contributed by atoms with Crippen LogP contribution in [0, 0.1) is 0 Å². The van der Waals surface area contributed by atoms with E-state index >= 15 is 0 Å². The van der Waals surface area contributed by atoms with Gasteiger partial charge in [-0.25, -0.2) is 0 Å². The average molecular weight is 443 g/mol. The van der Waals surface area contributed by atoms with Crippen molar-refractivity contribution in [1.29, 1.82) is 0 Å². The number of benzene rings is 3. The molecule has 0 saturated carbocycles. The second-order valence-electron chi connectivity index (χ2n) is 7.53. The van der Waals surface area contributed by atoms with Crippen molar-refractivity contribution in [1.82, 2.24) is 0 Å². The van der Waals surface area contributed by atoms with Crippen molar-refractivity contribution in [3.8, 4) is 17.2 Å². The SMILES string of the molecule is Oc1c2cccc(O)c2c(O)c2c(N3CCOCCOCCOCCOCC3)cccc12. The molecule has 0 amide bonds. The van der Waals surface area contributed by atoms with E-state index < -0.39 is 0 Å². The predicted octanol–water partition coefficient (Wildman–Crippen LogP) is 3.00. The molecule has 1 aliphatic heterocycles. The number of phenolic OH excluding ortho intramolecular Hbond substituents is 3. The van der Waals surface area contributed by atoms with Gasteiger partial charge in [0.25, 0.3) is 0 Å². The summed E-state index contributed by atoms with van der Waals surface area (Å²) in [5.41, 5.74) is 0.726. The summed E-state index contributed by atoms with van der Waals surface area (Å²) < 4.78 is 22.4. The zero-order chi connectivity index (χ0) is 22.3. The summed E-state index contributed by atoms with van der Waals surface area (Å²) in [6, 6.07) is 10.3. The van der Waals surface area contributed by atoms with Crippen molar-refractivity contribution in [3.05, 3.63) is 36.4 Å². The average Bonchev–Trinajstić information content (AvgIpc) is 2.81. The monoisotopic (exact) mass is 443 g/mol. The van der Waals surface area contributed by atoms with Crippen molar-refractivity contribution in [3.63, 3.8) is 0 Å². The molecule has 0 atom stereocenters. The number of phenols is 3. The fourth-order valence-electron chi connectivity index (χ4n) is 3.97. The van der Waals surface area contributed by atoms with Gasteiger partial charge in [0.05, 0.1) is 63.6 Å².